The van der Waals surface area contributed by atoms with Crippen LogP contribution < -0.4 is 10.6 Å². The predicted molar refractivity (Wildman–Crippen MR) is 125 cm³/mol. The van der Waals surface area contributed by atoms with Gasteiger partial charge in [-0.15, -0.1) is 0 Å². The van der Waals surface area contributed by atoms with Gasteiger partial charge in [-0.05, 0) is 56.8 Å². The second-order valence-corrected chi connectivity index (χ2v) is 8.26. The number of anilines is 2. The number of aromatic nitrogens is 2. The third-order valence-corrected chi connectivity index (χ3v) is 5.94. The topological polar surface area (TPSA) is 62.2 Å². The van der Waals surface area contributed by atoms with E-state index >= 15 is 0 Å². The molecule has 6 nitrogen and oxygen atoms in total. The molecule has 2 N–H and O–H groups in total. The summed E-state index contributed by atoms with van der Waals surface area (Å²) in [6, 6.07) is 14.4. The molecule has 32 heavy (non-hydrogen) atoms. The van der Waals surface area contributed by atoms with Crippen LogP contribution >= 0.6 is 0 Å². The van der Waals surface area contributed by atoms with Gasteiger partial charge in [0.05, 0.1) is 12.6 Å². The second-order valence-electron chi connectivity index (χ2n) is 8.26. The van der Waals surface area contributed by atoms with Crippen LogP contribution in [0.15, 0.2) is 48.5 Å². The van der Waals surface area contributed by atoms with Crippen molar-refractivity contribution in [3.63, 3.8) is 0 Å². The van der Waals surface area contributed by atoms with Crippen LogP contribution in [0, 0.1) is 12.7 Å². The van der Waals surface area contributed by atoms with E-state index in [1.54, 1.807) is 12.1 Å². The number of likely N-dealkylation sites (N-methyl/N-ethyl adjacent to an activating group) is 1. The van der Waals surface area contributed by atoms with E-state index in [-0.39, 0.29) is 17.8 Å². The molecule has 0 aliphatic carbocycles. The molecular weight excluding hydrogens is 405 g/mol. The number of nitrogens with one attached hydrogen (secondary N) is 2. The third-order valence-electron chi connectivity index (χ3n) is 5.94. The van der Waals surface area contributed by atoms with Crippen molar-refractivity contribution in [3.05, 3.63) is 65.7 Å². The largest absolute Gasteiger partial charge is 0.340 e. The fourth-order valence-electron chi connectivity index (χ4n) is 4.13. The number of amides is 1. The summed E-state index contributed by atoms with van der Waals surface area (Å²) in [6.07, 6.45) is 1.75. The minimum atomic E-state index is -0.281. The van der Waals surface area contributed by atoms with Crippen LogP contribution in [0.4, 0.5) is 15.9 Å². The van der Waals surface area contributed by atoms with Gasteiger partial charge in [0.25, 0.3) is 0 Å². The summed E-state index contributed by atoms with van der Waals surface area (Å²) >= 11 is 0. The van der Waals surface area contributed by atoms with E-state index in [1.807, 2.05) is 24.1 Å². The Bertz CT molecular complexity index is 1070. The summed E-state index contributed by atoms with van der Waals surface area (Å²) in [5, 5.41) is 6.65. The molecule has 0 saturated carbocycles. The van der Waals surface area contributed by atoms with Crippen LogP contribution in [0.5, 0.6) is 0 Å². The molecule has 1 aromatic heterocycles. The van der Waals surface area contributed by atoms with Crippen LogP contribution in [-0.2, 0) is 17.9 Å². The van der Waals surface area contributed by atoms with Crippen molar-refractivity contribution in [1.82, 2.24) is 19.8 Å². The van der Waals surface area contributed by atoms with E-state index in [1.165, 1.54) is 17.7 Å². The molecule has 1 aliphatic heterocycles. The molecule has 168 valence electrons. The Kier molecular flexibility index (Phi) is 6.55. The Hall–Kier alpha value is -3.19. The van der Waals surface area contributed by atoms with Crippen LogP contribution in [0.1, 0.15) is 31.2 Å². The quantitative estimate of drug-likeness (QED) is 0.575. The lowest BCUT2D eigenvalue weighted by Gasteiger charge is -2.31. The summed E-state index contributed by atoms with van der Waals surface area (Å²) in [6.45, 7) is 5.85. The van der Waals surface area contributed by atoms with Gasteiger partial charge in [0.2, 0.25) is 5.91 Å². The lowest BCUT2D eigenvalue weighted by Crippen LogP contribution is -2.48. The number of fused-ring (bicyclic) bond motifs is 1. The molecule has 7 heteroatoms. The number of benzene rings is 2. The molecule has 0 radical (unpaired) electrons. The zero-order chi connectivity index (χ0) is 22.7. The highest BCUT2D eigenvalue weighted by Crippen LogP contribution is 2.33. The Labute approximate surface area is 188 Å². The molecular formula is C25H30FN5O. The highest BCUT2D eigenvalue weighted by atomic mass is 19.1. The molecule has 0 spiro atoms. The van der Waals surface area contributed by atoms with E-state index in [2.05, 4.69) is 41.2 Å². The van der Waals surface area contributed by atoms with E-state index in [0.29, 0.717) is 19.6 Å². The summed E-state index contributed by atoms with van der Waals surface area (Å²) in [7, 11) is 1.83. The smallest absolute Gasteiger partial charge is 0.240 e. The maximum absolute atomic E-state index is 13.5. The van der Waals surface area contributed by atoms with Crippen LogP contribution in [0.2, 0.25) is 0 Å². The summed E-state index contributed by atoms with van der Waals surface area (Å²) in [5.74, 6) is 1.52. The molecule has 3 aromatic rings. The van der Waals surface area contributed by atoms with E-state index < -0.39 is 0 Å². The Morgan fingerprint density at radius 1 is 1.12 bits per heavy atom. The van der Waals surface area contributed by atoms with Gasteiger partial charge in [0.1, 0.15) is 23.2 Å². The van der Waals surface area contributed by atoms with E-state index in [0.717, 1.165) is 41.4 Å². The standard InChI is InChI=1S/C25H30FN5O/c1-4-5-21(27-3)25(32)30-14-15-31-22(16-30)29-23(18-8-10-19(26)11-9-18)24(31)28-20-12-6-17(2)7-13-20/h6-13,21,27-28H,4-5,14-16H2,1-3H3/t21-/m0/s1. The van der Waals surface area contributed by atoms with Gasteiger partial charge < -0.3 is 20.1 Å². The second kappa shape index (κ2) is 9.53. The lowest BCUT2D eigenvalue weighted by atomic mass is 10.1. The average molecular weight is 436 g/mol. The molecule has 4 rings (SSSR count). The third kappa shape index (κ3) is 4.53. The number of imidazole rings is 1. The Balaban J connectivity index is 1.68. The average Bonchev–Trinajstić information content (AvgIpc) is 3.16. The first kappa shape index (κ1) is 22.0. The number of halogens is 1. The number of nitrogens with zero attached hydrogens (tertiary/aromatic N) is 3. The SMILES string of the molecule is CCC[C@H](NC)C(=O)N1CCn2c(nc(-c3ccc(F)cc3)c2Nc2ccc(C)cc2)C1. The van der Waals surface area contributed by atoms with Crippen LogP contribution in [0.3, 0.4) is 0 Å². The first-order chi connectivity index (χ1) is 15.5. The Morgan fingerprint density at radius 3 is 2.50 bits per heavy atom. The van der Waals surface area contributed by atoms with Crippen LogP contribution in [0.25, 0.3) is 11.3 Å². The molecule has 1 atom stereocenters. The lowest BCUT2D eigenvalue weighted by molar-refractivity contribution is -0.135. The fraction of sp³-hybridized carbons (Fsp3) is 0.360. The number of carbonyl (C=O) groups is 1. The number of hydrogen-bond donors (Lipinski definition) is 2. The van der Waals surface area contributed by atoms with Crippen molar-refractivity contribution < 1.29 is 9.18 Å². The van der Waals surface area contributed by atoms with E-state index in [9.17, 15) is 9.18 Å². The number of aryl methyl sites for hydroxylation is 1. The maximum atomic E-state index is 13.5. The van der Waals surface area contributed by atoms with Gasteiger partial charge in [-0.1, -0.05) is 31.0 Å². The fourth-order valence-corrected chi connectivity index (χ4v) is 4.13. The molecule has 0 saturated heterocycles. The maximum Gasteiger partial charge on any atom is 0.240 e. The zero-order valence-electron chi connectivity index (χ0n) is 18.9. The van der Waals surface area contributed by atoms with Gasteiger partial charge >= 0.3 is 0 Å². The van der Waals surface area contributed by atoms with Crippen molar-refractivity contribution in [1.29, 1.82) is 0 Å². The van der Waals surface area contributed by atoms with Gasteiger partial charge in [0, 0.05) is 24.3 Å². The van der Waals surface area contributed by atoms with Crippen molar-refractivity contribution >= 4 is 17.4 Å². The summed E-state index contributed by atoms with van der Waals surface area (Å²) in [4.78, 5) is 19.8. The predicted octanol–water partition coefficient (Wildman–Crippen LogP) is 4.47. The van der Waals surface area contributed by atoms with Crippen LogP contribution in [-0.4, -0.2) is 40.0 Å². The first-order valence-corrected chi connectivity index (χ1v) is 11.1. The number of carbonyl (C=O) groups excluding carboxylic acids is 1. The molecule has 0 fully saturated rings. The molecule has 2 heterocycles. The van der Waals surface area contributed by atoms with Crippen molar-refractivity contribution in [3.8, 4) is 11.3 Å². The van der Waals surface area contributed by atoms with Crippen molar-refractivity contribution in [2.75, 3.05) is 18.9 Å². The van der Waals surface area contributed by atoms with Crippen molar-refractivity contribution in [2.45, 2.75) is 45.8 Å². The van der Waals surface area contributed by atoms with Gasteiger partial charge in [0.15, 0.2) is 0 Å². The molecule has 1 aliphatic rings. The first-order valence-electron chi connectivity index (χ1n) is 11.1. The van der Waals surface area contributed by atoms with Gasteiger partial charge in [-0.3, -0.25) is 4.79 Å². The monoisotopic (exact) mass is 435 g/mol. The molecule has 2 aromatic carbocycles. The van der Waals surface area contributed by atoms with Crippen molar-refractivity contribution in [2.24, 2.45) is 0 Å². The zero-order valence-corrected chi connectivity index (χ0v) is 18.9. The highest BCUT2D eigenvalue weighted by Gasteiger charge is 2.29. The molecule has 0 unspecified atom stereocenters. The van der Waals surface area contributed by atoms with Gasteiger partial charge in [-0.2, -0.15) is 0 Å². The van der Waals surface area contributed by atoms with E-state index in [4.69, 9.17) is 4.98 Å². The Morgan fingerprint density at radius 2 is 1.84 bits per heavy atom. The minimum Gasteiger partial charge on any atom is -0.340 e. The number of hydrogen-bond acceptors (Lipinski definition) is 4. The van der Waals surface area contributed by atoms with Gasteiger partial charge in [-0.25, -0.2) is 9.37 Å². The highest BCUT2D eigenvalue weighted by molar-refractivity contribution is 5.82. The number of rotatable bonds is 7. The molecule has 1 amide bonds. The summed E-state index contributed by atoms with van der Waals surface area (Å²) < 4.78 is 15.7. The normalized spacial score (nSPS) is 14.2. The summed E-state index contributed by atoms with van der Waals surface area (Å²) in [5.41, 5.74) is 3.73. The molecule has 0 bridgehead atoms. The minimum absolute atomic E-state index is 0.111.